The summed E-state index contributed by atoms with van der Waals surface area (Å²) in [6.45, 7) is 0. The molecule has 2 atom stereocenters. The SMILES string of the molecule is CNS(=O)(=O)c1ccc(NC2CCC(OC)C2)c([N+](=O)[O-])c1. The van der Waals surface area contributed by atoms with Crippen LogP contribution in [0.25, 0.3) is 0 Å². The van der Waals surface area contributed by atoms with Gasteiger partial charge in [-0.3, -0.25) is 10.1 Å². The highest BCUT2D eigenvalue weighted by atomic mass is 32.2. The van der Waals surface area contributed by atoms with Gasteiger partial charge >= 0.3 is 0 Å². The predicted octanol–water partition coefficient (Wildman–Crippen LogP) is 1.48. The number of sulfonamides is 1. The number of nitrogens with one attached hydrogen (secondary N) is 2. The highest BCUT2D eigenvalue weighted by molar-refractivity contribution is 7.89. The number of rotatable bonds is 6. The van der Waals surface area contributed by atoms with Crippen molar-refractivity contribution in [2.75, 3.05) is 19.5 Å². The normalized spacial score (nSPS) is 21.7. The van der Waals surface area contributed by atoms with E-state index >= 15 is 0 Å². The van der Waals surface area contributed by atoms with Crippen LogP contribution in [0.1, 0.15) is 19.3 Å². The van der Waals surface area contributed by atoms with Crippen molar-refractivity contribution in [1.29, 1.82) is 0 Å². The summed E-state index contributed by atoms with van der Waals surface area (Å²) in [6.07, 6.45) is 2.67. The van der Waals surface area contributed by atoms with Crippen LogP contribution in [0.3, 0.4) is 0 Å². The van der Waals surface area contributed by atoms with Crippen LogP contribution in [0.2, 0.25) is 0 Å². The molecule has 0 bridgehead atoms. The summed E-state index contributed by atoms with van der Waals surface area (Å²) >= 11 is 0. The molecule has 1 aromatic carbocycles. The molecule has 1 aromatic rings. The molecule has 22 heavy (non-hydrogen) atoms. The first-order valence-corrected chi connectivity index (χ1v) is 8.37. The Morgan fingerprint density at radius 3 is 2.64 bits per heavy atom. The summed E-state index contributed by atoms with van der Waals surface area (Å²) < 4.78 is 30.9. The third-order valence-corrected chi connectivity index (χ3v) is 5.23. The minimum absolute atomic E-state index is 0.0791. The van der Waals surface area contributed by atoms with E-state index in [1.165, 1.54) is 19.2 Å². The molecule has 2 unspecified atom stereocenters. The fourth-order valence-electron chi connectivity index (χ4n) is 2.57. The molecule has 1 saturated carbocycles. The summed E-state index contributed by atoms with van der Waals surface area (Å²) in [7, 11) is -0.807. The van der Waals surface area contributed by atoms with E-state index in [0.29, 0.717) is 5.69 Å². The molecule has 8 nitrogen and oxygen atoms in total. The molecule has 0 spiro atoms. The molecule has 0 aromatic heterocycles. The lowest BCUT2D eigenvalue weighted by Gasteiger charge is -2.15. The zero-order valence-corrected chi connectivity index (χ0v) is 13.2. The maximum Gasteiger partial charge on any atom is 0.293 e. The molecule has 0 radical (unpaired) electrons. The minimum Gasteiger partial charge on any atom is -0.381 e. The van der Waals surface area contributed by atoms with Crippen LogP contribution in [0.5, 0.6) is 0 Å². The summed E-state index contributed by atoms with van der Waals surface area (Å²) in [4.78, 5) is 10.5. The van der Waals surface area contributed by atoms with Crippen LogP contribution in [0.4, 0.5) is 11.4 Å². The molecule has 0 heterocycles. The van der Waals surface area contributed by atoms with Crippen LogP contribution in [0, 0.1) is 10.1 Å². The number of methoxy groups -OCH3 is 1. The summed E-state index contributed by atoms with van der Waals surface area (Å²) in [5, 5.41) is 14.3. The third-order valence-electron chi connectivity index (χ3n) is 3.82. The highest BCUT2D eigenvalue weighted by Crippen LogP contribution is 2.31. The smallest absolute Gasteiger partial charge is 0.293 e. The summed E-state index contributed by atoms with van der Waals surface area (Å²) in [6, 6.07) is 3.93. The zero-order chi connectivity index (χ0) is 16.3. The van der Waals surface area contributed by atoms with Gasteiger partial charge in [0.2, 0.25) is 10.0 Å². The number of hydrogen-bond acceptors (Lipinski definition) is 6. The van der Waals surface area contributed by atoms with Gasteiger partial charge in [0, 0.05) is 19.2 Å². The monoisotopic (exact) mass is 329 g/mol. The van der Waals surface area contributed by atoms with Crippen molar-refractivity contribution in [3.8, 4) is 0 Å². The second-order valence-electron chi connectivity index (χ2n) is 5.16. The maximum atomic E-state index is 11.7. The van der Waals surface area contributed by atoms with E-state index in [1.54, 1.807) is 7.11 Å². The first kappa shape index (κ1) is 16.7. The Kier molecular flexibility index (Phi) is 4.99. The molecule has 2 N–H and O–H groups in total. The van der Waals surface area contributed by atoms with Crippen molar-refractivity contribution in [3.05, 3.63) is 28.3 Å². The number of hydrogen-bond donors (Lipinski definition) is 2. The van der Waals surface area contributed by atoms with Gasteiger partial charge in [-0.2, -0.15) is 0 Å². The second kappa shape index (κ2) is 6.59. The van der Waals surface area contributed by atoms with Crippen molar-refractivity contribution in [2.24, 2.45) is 0 Å². The number of nitro groups is 1. The quantitative estimate of drug-likeness (QED) is 0.604. The molecular weight excluding hydrogens is 310 g/mol. The Labute approximate surface area is 129 Å². The van der Waals surface area contributed by atoms with Gasteiger partial charge in [0.1, 0.15) is 5.69 Å². The third kappa shape index (κ3) is 3.54. The lowest BCUT2D eigenvalue weighted by atomic mass is 10.2. The molecule has 0 amide bonds. The van der Waals surface area contributed by atoms with Crippen LogP contribution in [-0.4, -0.2) is 39.6 Å². The van der Waals surface area contributed by atoms with Crippen molar-refractivity contribution in [3.63, 3.8) is 0 Å². The van der Waals surface area contributed by atoms with Crippen molar-refractivity contribution < 1.29 is 18.1 Å². The molecule has 1 aliphatic rings. The standard InChI is InChI=1S/C13H19N3O5S/c1-14-22(19,20)11-5-6-12(13(8-11)16(17)18)15-9-3-4-10(7-9)21-2/h5-6,8-10,14-15H,3-4,7H2,1-2H3. The Bertz CT molecular complexity index is 662. The first-order valence-electron chi connectivity index (χ1n) is 6.88. The highest BCUT2D eigenvalue weighted by Gasteiger charge is 2.27. The van der Waals surface area contributed by atoms with Crippen molar-refractivity contribution in [1.82, 2.24) is 4.72 Å². The average Bonchev–Trinajstić information content (AvgIpc) is 2.95. The van der Waals surface area contributed by atoms with Gasteiger partial charge in [0.05, 0.1) is 15.9 Å². The fraction of sp³-hybridized carbons (Fsp3) is 0.538. The van der Waals surface area contributed by atoms with E-state index in [-0.39, 0.29) is 22.7 Å². The average molecular weight is 329 g/mol. The van der Waals surface area contributed by atoms with Gasteiger partial charge in [-0.25, -0.2) is 13.1 Å². The van der Waals surface area contributed by atoms with Gasteiger partial charge in [-0.1, -0.05) is 0 Å². The van der Waals surface area contributed by atoms with E-state index in [2.05, 4.69) is 10.0 Å². The Morgan fingerprint density at radius 2 is 2.09 bits per heavy atom. The van der Waals surface area contributed by atoms with Crippen molar-refractivity contribution >= 4 is 21.4 Å². The van der Waals surface area contributed by atoms with Gasteiger partial charge in [0.25, 0.3) is 5.69 Å². The van der Waals surface area contributed by atoms with E-state index in [1.807, 2.05) is 0 Å². The van der Waals surface area contributed by atoms with Gasteiger partial charge in [-0.05, 0) is 38.4 Å². The lowest BCUT2D eigenvalue weighted by molar-refractivity contribution is -0.384. The largest absolute Gasteiger partial charge is 0.381 e. The van der Waals surface area contributed by atoms with E-state index in [0.717, 1.165) is 25.3 Å². The molecule has 0 saturated heterocycles. The second-order valence-corrected chi connectivity index (χ2v) is 7.04. The van der Waals surface area contributed by atoms with Crippen LogP contribution >= 0.6 is 0 Å². The molecule has 1 fully saturated rings. The molecular formula is C13H19N3O5S. The molecule has 1 aliphatic carbocycles. The molecule has 9 heteroatoms. The molecule has 122 valence electrons. The van der Waals surface area contributed by atoms with Gasteiger partial charge < -0.3 is 10.1 Å². The lowest BCUT2D eigenvalue weighted by Crippen LogP contribution is -2.20. The Morgan fingerprint density at radius 1 is 1.36 bits per heavy atom. The van der Waals surface area contributed by atoms with Gasteiger partial charge in [0.15, 0.2) is 0 Å². The van der Waals surface area contributed by atoms with E-state index in [4.69, 9.17) is 4.74 Å². The number of nitro benzene ring substituents is 1. The summed E-state index contributed by atoms with van der Waals surface area (Å²) in [5.41, 5.74) is 0.0685. The maximum absolute atomic E-state index is 11.7. The van der Waals surface area contributed by atoms with Crippen LogP contribution in [0.15, 0.2) is 23.1 Å². The van der Waals surface area contributed by atoms with Crippen molar-refractivity contribution in [2.45, 2.75) is 36.3 Å². The number of ether oxygens (including phenoxy) is 1. The topological polar surface area (TPSA) is 111 Å². The van der Waals surface area contributed by atoms with E-state index < -0.39 is 14.9 Å². The molecule has 2 rings (SSSR count). The number of anilines is 1. The van der Waals surface area contributed by atoms with Gasteiger partial charge in [-0.15, -0.1) is 0 Å². The summed E-state index contributed by atoms with van der Waals surface area (Å²) in [5.74, 6) is 0. The first-order chi connectivity index (χ1) is 10.4. The Balaban J connectivity index is 2.27. The number of benzene rings is 1. The minimum atomic E-state index is -3.71. The zero-order valence-electron chi connectivity index (χ0n) is 12.4. The Hall–Kier alpha value is -1.71. The number of nitrogens with zero attached hydrogens (tertiary/aromatic N) is 1. The molecule has 0 aliphatic heterocycles. The van der Waals surface area contributed by atoms with Crippen LogP contribution < -0.4 is 10.0 Å². The van der Waals surface area contributed by atoms with Crippen LogP contribution in [-0.2, 0) is 14.8 Å². The van der Waals surface area contributed by atoms with E-state index in [9.17, 15) is 18.5 Å². The fourth-order valence-corrected chi connectivity index (χ4v) is 3.32. The predicted molar refractivity (Wildman–Crippen MR) is 81.4 cm³/mol.